The van der Waals surface area contributed by atoms with E-state index in [0.717, 1.165) is 11.8 Å². The zero-order valence-corrected chi connectivity index (χ0v) is 12.5. The van der Waals surface area contributed by atoms with Gasteiger partial charge in [0.15, 0.2) is 6.29 Å². The monoisotopic (exact) mass is 320 g/mol. The minimum Gasteiger partial charge on any atom is -0.298 e. The third-order valence-corrected chi connectivity index (χ3v) is 3.54. The van der Waals surface area contributed by atoms with E-state index in [1.54, 1.807) is 53.2 Å². The van der Waals surface area contributed by atoms with Crippen LogP contribution in [-0.4, -0.2) is 25.8 Å². The van der Waals surface area contributed by atoms with Crippen molar-refractivity contribution in [2.24, 2.45) is 7.05 Å². The standard InChI is InChI=1S/C14H10Cl2N4O/c1-19-6-9(5-17-19)14-10(8-21)7-20(18-14)13-3-2-11(15)4-12(13)16/h2-8H,1H3. The molecule has 0 N–H and O–H groups in total. The van der Waals surface area contributed by atoms with Crippen LogP contribution < -0.4 is 0 Å². The summed E-state index contributed by atoms with van der Waals surface area (Å²) in [6.45, 7) is 0. The van der Waals surface area contributed by atoms with Crippen LogP contribution in [0.2, 0.25) is 10.0 Å². The number of halogens is 2. The Hall–Kier alpha value is -2.11. The van der Waals surface area contributed by atoms with Crippen LogP contribution in [0, 0.1) is 0 Å². The lowest BCUT2D eigenvalue weighted by atomic mass is 10.2. The minimum atomic E-state index is 0.459. The predicted molar refractivity (Wildman–Crippen MR) is 81.2 cm³/mol. The van der Waals surface area contributed by atoms with Crippen molar-refractivity contribution in [3.05, 3.63) is 52.4 Å². The molecule has 0 aliphatic heterocycles. The highest BCUT2D eigenvalue weighted by Crippen LogP contribution is 2.27. The number of carbonyl (C=O) groups excluding carboxylic acids is 1. The van der Waals surface area contributed by atoms with E-state index in [-0.39, 0.29) is 0 Å². The highest BCUT2D eigenvalue weighted by molar-refractivity contribution is 6.35. The van der Waals surface area contributed by atoms with Crippen molar-refractivity contribution in [1.82, 2.24) is 19.6 Å². The van der Waals surface area contributed by atoms with E-state index in [4.69, 9.17) is 23.2 Å². The van der Waals surface area contributed by atoms with Gasteiger partial charge in [0.25, 0.3) is 0 Å². The van der Waals surface area contributed by atoms with Gasteiger partial charge < -0.3 is 0 Å². The van der Waals surface area contributed by atoms with Crippen LogP contribution in [0.25, 0.3) is 16.9 Å². The van der Waals surface area contributed by atoms with Crippen molar-refractivity contribution in [2.75, 3.05) is 0 Å². The average molecular weight is 321 g/mol. The summed E-state index contributed by atoms with van der Waals surface area (Å²) in [4.78, 5) is 11.3. The van der Waals surface area contributed by atoms with E-state index in [0.29, 0.717) is 27.0 Å². The number of aromatic nitrogens is 4. The van der Waals surface area contributed by atoms with Gasteiger partial charge in [0, 0.05) is 30.0 Å². The van der Waals surface area contributed by atoms with E-state index in [1.165, 1.54) is 0 Å². The topological polar surface area (TPSA) is 52.7 Å². The predicted octanol–water partition coefficient (Wildman–Crippen LogP) is 3.39. The van der Waals surface area contributed by atoms with E-state index in [2.05, 4.69) is 10.2 Å². The fraction of sp³-hybridized carbons (Fsp3) is 0.0714. The van der Waals surface area contributed by atoms with E-state index < -0.39 is 0 Å². The highest BCUT2D eigenvalue weighted by atomic mass is 35.5. The number of rotatable bonds is 3. The highest BCUT2D eigenvalue weighted by Gasteiger charge is 2.14. The van der Waals surface area contributed by atoms with Gasteiger partial charge in [-0.05, 0) is 18.2 Å². The van der Waals surface area contributed by atoms with Crippen LogP contribution >= 0.6 is 23.2 Å². The third kappa shape index (κ3) is 2.57. The second-order valence-corrected chi connectivity index (χ2v) is 5.34. The van der Waals surface area contributed by atoms with Crippen LogP contribution in [0.5, 0.6) is 0 Å². The first-order valence-electron chi connectivity index (χ1n) is 6.08. The zero-order chi connectivity index (χ0) is 15.0. The lowest BCUT2D eigenvalue weighted by Gasteiger charge is -2.04. The van der Waals surface area contributed by atoms with Crippen LogP contribution in [0.15, 0.2) is 36.8 Å². The maximum absolute atomic E-state index is 11.3. The van der Waals surface area contributed by atoms with Crippen LogP contribution in [0.1, 0.15) is 10.4 Å². The molecule has 0 aliphatic carbocycles. The fourth-order valence-electron chi connectivity index (χ4n) is 2.03. The Labute approximate surface area is 130 Å². The molecule has 3 rings (SSSR count). The largest absolute Gasteiger partial charge is 0.298 e. The Morgan fingerprint density at radius 2 is 2.05 bits per heavy atom. The van der Waals surface area contributed by atoms with Crippen LogP contribution in [0.3, 0.4) is 0 Å². The summed E-state index contributed by atoms with van der Waals surface area (Å²) in [6, 6.07) is 5.10. The van der Waals surface area contributed by atoms with Gasteiger partial charge in [-0.15, -0.1) is 0 Å². The average Bonchev–Trinajstić information content (AvgIpc) is 3.04. The van der Waals surface area contributed by atoms with Crippen molar-refractivity contribution in [3.63, 3.8) is 0 Å². The summed E-state index contributed by atoms with van der Waals surface area (Å²) >= 11 is 12.1. The summed E-state index contributed by atoms with van der Waals surface area (Å²) in [7, 11) is 1.80. The summed E-state index contributed by atoms with van der Waals surface area (Å²) in [5.74, 6) is 0. The van der Waals surface area contributed by atoms with E-state index in [9.17, 15) is 4.79 Å². The van der Waals surface area contributed by atoms with Gasteiger partial charge in [-0.3, -0.25) is 9.48 Å². The minimum absolute atomic E-state index is 0.459. The van der Waals surface area contributed by atoms with E-state index >= 15 is 0 Å². The molecule has 5 nitrogen and oxygen atoms in total. The molecular weight excluding hydrogens is 311 g/mol. The second-order valence-electron chi connectivity index (χ2n) is 4.49. The summed E-state index contributed by atoms with van der Waals surface area (Å²) < 4.78 is 3.21. The molecule has 0 saturated carbocycles. The van der Waals surface area contributed by atoms with Crippen molar-refractivity contribution in [1.29, 1.82) is 0 Å². The Bertz CT molecular complexity index is 822. The van der Waals surface area contributed by atoms with Gasteiger partial charge in [-0.2, -0.15) is 10.2 Å². The number of benzene rings is 1. The summed E-state index contributed by atoms with van der Waals surface area (Å²) in [5, 5.41) is 9.52. The maximum atomic E-state index is 11.3. The third-order valence-electron chi connectivity index (χ3n) is 3.00. The van der Waals surface area contributed by atoms with Crippen molar-refractivity contribution in [2.45, 2.75) is 0 Å². The van der Waals surface area contributed by atoms with Gasteiger partial charge in [-0.25, -0.2) is 4.68 Å². The molecule has 0 spiro atoms. The van der Waals surface area contributed by atoms with Gasteiger partial charge in [-0.1, -0.05) is 23.2 Å². The molecule has 0 fully saturated rings. The molecule has 7 heteroatoms. The molecular formula is C14H10Cl2N4O. The lowest BCUT2D eigenvalue weighted by molar-refractivity contribution is 0.112. The molecule has 0 unspecified atom stereocenters. The van der Waals surface area contributed by atoms with Crippen molar-refractivity contribution in [3.8, 4) is 16.9 Å². The molecule has 0 saturated heterocycles. The fourth-order valence-corrected chi connectivity index (χ4v) is 2.53. The second kappa shape index (κ2) is 5.35. The molecule has 0 aliphatic rings. The number of hydrogen-bond acceptors (Lipinski definition) is 3. The molecule has 1 aromatic carbocycles. The van der Waals surface area contributed by atoms with Crippen molar-refractivity contribution >= 4 is 29.5 Å². The first kappa shape index (κ1) is 13.9. The molecule has 3 aromatic rings. The molecule has 106 valence electrons. The van der Waals surface area contributed by atoms with Crippen LogP contribution in [0.4, 0.5) is 0 Å². The summed E-state index contributed by atoms with van der Waals surface area (Å²) in [6.07, 6.45) is 5.84. The molecule has 2 heterocycles. The first-order chi connectivity index (χ1) is 10.1. The van der Waals surface area contributed by atoms with Gasteiger partial charge in [0.1, 0.15) is 5.69 Å². The van der Waals surface area contributed by atoms with Gasteiger partial charge >= 0.3 is 0 Å². The molecule has 0 radical (unpaired) electrons. The molecule has 0 bridgehead atoms. The molecule has 2 aromatic heterocycles. The van der Waals surface area contributed by atoms with Crippen LogP contribution in [-0.2, 0) is 7.05 Å². The lowest BCUT2D eigenvalue weighted by Crippen LogP contribution is -1.95. The van der Waals surface area contributed by atoms with Crippen molar-refractivity contribution < 1.29 is 4.79 Å². The van der Waals surface area contributed by atoms with Gasteiger partial charge in [0.2, 0.25) is 0 Å². The Balaban J connectivity index is 2.13. The zero-order valence-electron chi connectivity index (χ0n) is 11.0. The molecule has 0 atom stereocenters. The number of carbonyl (C=O) groups is 1. The molecule has 0 amide bonds. The Morgan fingerprint density at radius 1 is 1.24 bits per heavy atom. The number of aryl methyl sites for hydroxylation is 1. The smallest absolute Gasteiger partial charge is 0.153 e. The molecule has 21 heavy (non-hydrogen) atoms. The maximum Gasteiger partial charge on any atom is 0.153 e. The van der Waals surface area contributed by atoms with Gasteiger partial charge in [0.05, 0.1) is 22.5 Å². The SMILES string of the molecule is Cn1cc(-c2nn(-c3ccc(Cl)cc3Cl)cc2C=O)cn1. The summed E-state index contributed by atoms with van der Waals surface area (Å²) in [5.41, 5.74) is 2.45. The Morgan fingerprint density at radius 3 is 2.67 bits per heavy atom. The first-order valence-corrected chi connectivity index (χ1v) is 6.83. The number of nitrogens with zero attached hydrogens (tertiary/aromatic N) is 4. The quantitative estimate of drug-likeness (QED) is 0.695. The Kier molecular flexibility index (Phi) is 3.53. The number of aldehydes is 1. The normalized spacial score (nSPS) is 10.8. The van der Waals surface area contributed by atoms with E-state index in [1.807, 2.05) is 0 Å². The number of hydrogen-bond donors (Lipinski definition) is 0.